The van der Waals surface area contributed by atoms with Crippen LogP contribution in [0.5, 0.6) is 5.75 Å². The van der Waals surface area contributed by atoms with Crippen LogP contribution >= 0.6 is 0 Å². The lowest BCUT2D eigenvalue weighted by Gasteiger charge is -2.19. The molecule has 6 nitrogen and oxygen atoms in total. The van der Waals surface area contributed by atoms with E-state index in [1.165, 1.54) is 4.31 Å². The third-order valence-corrected chi connectivity index (χ3v) is 4.88. The molecule has 0 saturated heterocycles. The maximum Gasteiger partial charge on any atom is 0.225 e. The molecule has 0 unspecified atom stereocenters. The Morgan fingerprint density at radius 2 is 1.72 bits per heavy atom. The molecule has 2 rings (SSSR count). The molecule has 1 amide bonds. The van der Waals surface area contributed by atoms with Crippen molar-refractivity contribution in [2.24, 2.45) is 0 Å². The molecular formula is C18H22N2O4S. The molecule has 134 valence electrons. The van der Waals surface area contributed by atoms with E-state index in [4.69, 9.17) is 4.74 Å². The fourth-order valence-corrected chi connectivity index (χ4v) is 3.08. The maximum absolute atomic E-state index is 12.1. The van der Waals surface area contributed by atoms with E-state index in [1.807, 2.05) is 30.3 Å². The number of nitrogens with one attached hydrogen (secondary N) is 1. The van der Waals surface area contributed by atoms with Crippen molar-refractivity contribution >= 4 is 21.6 Å². The third kappa shape index (κ3) is 6.21. The number of nitrogens with zero attached hydrogens (tertiary/aromatic N) is 1. The predicted molar refractivity (Wildman–Crippen MR) is 97.9 cm³/mol. The van der Waals surface area contributed by atoms with Gasteiger partial charge in [-0.3, -0.25) is 4.79 Å². The van der Waals surface area contributed by atoms with E-state index in [9.17, 15) is 13.2 Å². The number of hydrogen-bond acceptors (Lipinski definition) is 4. The van der Waals surface area contributed by atoms with Gasteiger partial charge in [0, 0.05) is 25.2 Å². The molecule has 7 heteroatoms. The Hall–Kier alpha value is -2.38. The highest BCUT2D eigenvalue weighted by Crippen LogP contribution is 2.15. The Kier molecular flexibility index (Phi) is 6.55. The van der Waals surface area contributed by atoms with Crippen LogP contribution in [0.15, 0.2) is 54.6 Å². The highest BCUT2D eigenvalue weighted by atomic mass is 32.2. The Labute approximate surface area is 148 Å². The molecule has 25 heavy (non-hydrogen) atoms. The van der Waals surface area contributed by atoms with Gasteiger partial charge in [0.2, 0.25) is 15.9 Å². The van der Waals surface area contributed by atoms with Crippen LogP contribution in [0, 0.1) is 0 Å². The average Bonchev–Trinajstić information content (AvgIpc) is 2.59. The molecule has 0 radical (unpaired) electrons. The number of benzene rings is 2. The van der Waals surface area contributed by atoms with Crippen LogP contribution < -0.4 is 10.1 Å². The molecule has 0 fully saturated rings. The second kappa shape index (κ2) is 8.64. The van der Waals surface area contributed by atoms with E-state index in [0.717, 1.165) is 11.8 Å². The van der Waals surface area contributed by atoms with Crippen LogP contribution in [-0.4, -0.2) is 38.5 Å². The van der Waals surface area contributed by atoms with Gasteiger partial charge in [-0.2, -0.15) is 4.31 Å². The van der Waals surface area contributed by atoms with Crippen molar-refractivity contribution in [1.82, 2.24) is 4.31 Å². The number of ether oxygens (including phenoxy) is 1. The van der Waals surface area contributed by atoms with Gasteiger partial charge in [0.15, 0.2) is 0 Å². The lowest BCUT2D eigenvalue weighted by atomic mass is 10.2. The summed E-state index contributed by atoms with van der Waals surface area (Å²) in [5, 5.41) is 2.75. The Morgan fingerprint density at radius 3 is 2.28 bits per heavy atom. The first-order chi connectivity index (χ1) is 11.9. The molecule has 2 aromatic carbocycles. The maximum atomic E-state index is 12.1. The van der Waals surface area contributed by atoms with E-state index in [-0.39, 0.29) is 25.4 Å². The molecule has 0 aliphatic rings. The molecule has 0 bridgehead atoms. The van der Waals surface area contributed by atoms with Crippen molar-refractivity contribution in [3.63, 3.8) is 0 Å². The largest absolute Gasteiger partial charge is 0.497 e. The van der Waals surface area contributed by atoms with Gasteiger partial charge in [-0.25, -0.2) is 8.42 Å². The molecule has 0 aliphatic carbocycles. The number of carbonyl (C=O) groups excluding carboxylic acids is 1. The van der Waals surface area contributed by atoms with E-state index >= 15 is 0 Å². The molecular weight excluding hydrogens is 340 g/mol. The lowest BCUT2D eigenvalue weighted by molar-refractivity contribution is -0.116. The minimum absolute atomic E-state index is 0.0753. The SMILES string of the molecule is COc1ccc(NC(=O)CCN(Cc2ccccc2)S(C)(=O)=O)cc1. The van der Waals surface area contributed by atoms with Crippen LogP contribution in [0.25, 0.3) is 0 Å². The van der Waals surface area contributed by atoms with Gasteiger partial charge in [0.25, 0.3) is 0 Å². The standard InChI is InChI=1S/C18H22N2O4S/c1-24-17-10-8-16(9-11-17)19-18(21)12-13-20(25(2,22)23)14-15-6-4-3-5-7-15/h3-11H,12-14H2,1-2H3,(H,19,21). The Morgan fingerprint density at radius 1 is 1.08 bits per heavy atom. The number of carbonyl (C=O) groups is 1. The van der Waals surface area contributed by atoms with Crippen molar-refractivity contribution in [1.29, 1.82) is 0 Å². The summed E-state index contributed by atoms with van der Waals surface area (Å²) >= 11 is 0. The number of sulfonamides is 1. The molecule has 0 atom stereocenters. The first-order valence-corrected chi connectivity index (χ1v) is 9.66. The first kappa shape index (κ1) is 19.0. The van der Waals surface area contributed by atoms with Crippen LogP contribution in [0.4, 0.5) is 5.69 Å². The predicted octanol–water partition coefficient (Wildman–Crippen LogP) is 2.49. The highest BCUT2D eigenvalue weighted by Gasteiger charge is 2.18. The van der Waals surface area contributed by atoms with E-state index in [1.54, 1.807) is 31.4 Å². The summed E-state index contributed by atoms with van der Waals surface area (Å²) < 4.78 is 30.3. The minimum Gasteiger partial charge on any atom is -0.497 e. The monoisotopic (exact) mass is 362 g/mol. The summed E-state index contributed by atoms with van der Waals surface area (Å²) in [4.78, 5) is 12.1. The summed E-state index contributed by atoms with van der Waals surface area (Å²) in [6.07, 6.45) is 1.23. The third-order valence-electron chi connectivity index (χ3n) is 3.63. The number of anilines is 1. The topological polar surface area (TPSA) is 75.7 Å². The van der Waals surface area contributed by atoms with Crippen molar-refractivity contribution in [2.45, 2.75) is 13.0 Å². The molecule has 0 aromatic heterocycles. The molecule has 2 aromatic rings. The van der Waals surface area contributed by atoms with Gasteiger partial charge in [0.05, 0.1) is 13.4 Å². The fraction of sp³-hybridized carbons (Fsp3) is 0.278. The minimum atomic E-state index is -3.40. The molecule has 1 N–H and O–H groups in total. The lowest BCUT2D eigenvalue weighted by Crippen LogP contribution is -2.32. The molecule has 0 heterocycles. The van der Waals surface area contributed by atoms with Gasteiger partial charge in [-0.1, -0.05) is 30.3 Å². The van der Waals surface area contributed by atoms with Crippen molar-refractivity contribution < 1.29 is 17.9 Å². The first-order valence-electron chi connectivity index (χ1n) is 7.81. The smallest absolute Gasteiger partial charge is 0.225 e. The van der Waals surface area contributed by atoms with Gasteiger partial charge in [-0.15, -0.1) is 0 Å². The number of amides is 1. The summed E-state index contributed by atoms with van der Waals surface area (Å²) in [5.41, 5.74) is 1.52. The van der Waals surface area contributed by atoms with Crippen LogP contribution in [0.1, 0.15) is 12.0 Å². The van der Waals surface area contributed by atoms with E-state index in [0.29, 0.717) is 11.4 Å². The molecule has 0 aliphatic heterocycles. The normalized spacial score (nSPS) is 11.3. The summed E-state index contributed by atoms with van der Waals surface area (Å²) in [6, 6.07) is 16.2. The second-order valence-electron chi connectivity index (χ2n) is 5.61. The van der Waals surface area contributed by atoms with E-state index < -0.39 is 10.0 Å². The number of methoxy groups -OCH3 is 1. The Balaban J connectivity index is 1.93. The van der Waals surface area contributed by atoms with Gasteiger partial charge in [-0.05, 0) is 29.8 Å². The summed E-state index contributed by atoms with van der Waals surface area (Å²) in [6.45, 7) is 0.366. The zero-order chi connectivity index (χ0) is 18.3. The Bertz CT molecular complexity index is 790. The fourth-order valence-electron chi connectivity index (χ4n) is 2.27. The van der Waals surface area contributed by atoms with Gasteiger partial charge in [0.1, 0.15) is 5.75 Å². The zero-order valence-corrected chi connectivity index (χ0v) is 15.1. The molecule has 0 saturated carbocycles. The zero-order valence-electron chi connectivity index (χ0n) is 14.3. The summed E-state index contributed by atoms with van der Waals surface area (Å²) in [7, 11) is -1.83. The van der Waals surface area contributed by atoms with E-state index in [2.05, 4.69) is 5.32 Å². The van der Waals surface area contributed by atoms with Crippen LogP contribution in [0.3, 0.4) is 0 Å². The number of rotatable bonds is 8. The average molecular weight is 362 g/mol. The number of hydrogen-bond donors (Lipinski definition) is 1. The molecule has 0 spiro atoms. The van der Waals surface area contributed by atoms with Gasteiger partial charge >= 0.3 is 0 Å². The van der Waals surface area contributed by atoms with Crippen LogP contribution in [-0.2, 0) is 21.4 Å². The van der Waals surface area contributed by atoms with Crippen LogP contribution in [0.2, 0.25) is 0 Å². The highest BCUT2D eigenvalue weighted by molar-refractivity contribution is 7.88. The second-order valence-corrected chi connectivity index (χ2v) is 7.59. The summed E-state index contributed by atoms with van der Waals surface area (Å²) in [5.74, 6) is 0.455. The quantitative estimate of drug-likeness (QED) is 0.783. The van der Waals surface area contributed by atoms with Crippen molar-refractivity contribution in [3.05, 3.63) is 60.2 Å². The van der Waals surface area contributed by atoms with Crippen molar-refractivity contribution in [2.75, 3.05) is 25.2 Å². The van der Waals surface area contributed by atoms with Crippen molar-refractivity contribution in [3.8, 4) is 5.75 Å². The van der Waals surface area contributed by atoms with Gasteiger partial charge < -0.3 is 10.1 Å².